The van der Waals surface area contributed by atoms with Crippen LogP contribution in [0.2, 0.25) is 0 Å². The Balaban J connectivity index is 2.30. The first-order valence-electron chi connectivity index (χ1n) is 6.75. The number of methoxy groups -OCH3 is 1. The number of carbonyl (C=O) groups is 1. The molecule has 6 heteroatoms. The van der Waals surface area contributed by atoms with E-state index >= 15 is 0 Å². The van der Waals surface area contributed by atoms with Crippen molar-refractivity contribution < 1.29 is 13.9 Å². The fraction of sp³-hybridized carbons (Fsp3) is 0.333. The minimum atomic E-state index is -0.731. The molecule has 0 saturated carbocycles. The molecular weight excluding hydrogens is 273 g/mol. The molecule has 1 atom stereocenters. The number of aryl methyl sites for hydroxylation is 1. The van der Waals surface area contributed by atoms with Gasteiger partial charge >= 0.3 is 5.97 Å². The number of nitrogens with one attached hydrogen (secondary N) is 1. The second kappa shape index (κ2) is 6.88. The molecule has 1 heterocycles. The van der Waals surface area contributed by atoms with Crippen LogP contribution in [-0.4, -0.2) is 22.6 Å². The van der Waals surface area contributed by atoms with Gasteiger partial charge in [0.15, 0.2) is 6.04 Å². The smallest absolute Gasteiger partial charge is 0.334 e. The van der Waals surface area contributed by atoms with Gasteiger partial charge in [-0.05, 0) is 24.6 Å². The highest BCUT2D eigenvalue weighted by molar-refractivity contribution is 5.80. The number of anilines is 1. The van der Waals surface area contributed by atoms with E-state index in [-0.39, 0.29) is 5.82 Å². The third-order valence-corrected chi connectivity index (χ3v) is 3.08. The van der Waals surface area contributed by atoms with E-state index in [1.54, 1.807) is 24.7 Å². The molecule has 112 valence electrons. The summed E-state index contributed by atoms with van der Waals surface area (Å²) in [6, 6.07) is 5.22. The summed E-state index contributed by atoms with van der Waals surface area (Å²) in [4.78, 5) is 16.1. The molecular formula is C15H18FN3O2. The third-order valence-electron chi connectivity index (χ3n) is 3.08. The van der Waals surface area contributed by atoms with Gasteiger partial charge in [0.2, 0.25) is 0 Å². The highest BCUT2D eigenvalue weighted by Gasteiger charge is 2.24. The molecule has 0 saturated heterocycles. The van der Waals surface area contributed by atoms with Gasteiger partial charge in [-0.25, -0.2) is 14.2 Å². The average molecular weight is 291 g/mol. The molecule has 0 bridgehead atoms. The van der Waals surface area contributed by atoms with E-state index in [0.29, 0.717) is 11.4 Å². The Kier molecular flexibility index (Phi) is 4.92. The van der Waals surface area contributed by atoms with Crippen LogP contribution in [0.4, 0.5) is 10.1 Å². The Hall–Kier alpha value is -2.37. The van der Waals surface area contributed by atoms with Crippen LogP contribution in [-0.2, 0) is 16.1 Å². The molecule has 0 radical (unpaired) electrons. The maximum absolute atomic E-state index is 13.3. The van der Waals surface area contributed by atoms with Crippen LogP contribution in [0.3, 0.4) is 0 Å². The number of ether oxygens (including phenoxy) is 1. The first-order valence-corrected chi connectivity index (χ1v) is 6.75. The summed E-state index contributed by atoms with van der Waals surface area (Å²) in [5, 5.41) is 3.00. The number of aromatic nitrogens is 2. The SMILES string of the molecule is CCCn1cncc1C(Nc1cccc(F)c1)C(=O)OC. The highest BCUT2D eigenvalue weighted by atomic mass is 19.1. The van der Waals surface area contributed by atoms with Gasteiger partial charge in [-0.3, -0.25) is 0 Å². The lowest BCUT2D eigenvalue weighted by Gasteiger charge is -2.19. The first-order chi connectivity index (χ1) is 10.2. The van der Waals surface area contributed by atoms with Crippen molar-refractivity contribution in [2.75, 3.05) is 12.4 Å². The van der Waals surface area contributed by atoms with Crippen LogP contribution < -0.4 is 5.32 Å². The van der Waals surface area contributed by atoms with Gasteiger partial charge in [0.1, 0.15) is 5.82 Å². The largest absolute Gasteiger partial charge is 0.467 e. The number of nitrogens with zero attached hydrogens (tertiary/aromatic N) is 2. The van der Waals surface area contributed by atoms with E-state index in [9.17, 15) is 9.18 Å². The van der Waals surface area contributed by atoms with E-state index < -0.39 is 12.0 Å². The fourth-order valence-corrected chi connectivity index (χ4v) is 2.12. The van der Waals surface area contributed by atoms with Crippen LogP contribution in [0.5, 0.6) is 0 Å². The maximum Gasteiger partial charge on any atom is 0.334 e. The number of imidazole rings is 1. The maximum atomic E-state index is 13.3. The number of esters is 1. The predicted molar refractivity (Wildman–Crippen MR) is 77.3 cm³/mol. The highest BCUT2D eigenvalue weighted by Crippen LogP contribution is 2.21. The van der Waals surface area contributed by atoms with Gasteiger partial charge in [-0.15, -0.1) is 0 Å². The average Bonchev–Trinajstić information content (AvgIpc) is 2.92. The normalized spacial score (nSPS) is 12.0. The van der Waals surface area contributed by atoms with Crippen molar-refractivity contribution in [3.8, 4) is 0 Å². The van der Waals surface area contributed by atoms with Crippen LogP contribution in [0.15, 0.2) is 36.8 Å². The molecule has 0 amide bonds. The summed E-state index contributed by atoms with van der Waals surface area (Å²) in [5.41, 5.74) is 1.20. The number of halogens is 1. The zero-order chi connectivity index (χ0) is 15.2. The van der Waals surface area contributed by atoms with E-state index in [1.165, 1.54) is 19.2 Å². The van der Waals surface area contributed by atoms with Gasteiger partial charge in [0.05, 0.1) is 25.3 Å². The molecule has 1 N–H and O–H groups in total. The van der Waals surface area contributed by atoms with Crippen LogP contribution >= 0.6 is 0 Å². The first kappa shape index (κ1) is 15.0. The van der Waals surface area contributed by atoms with Gasteiger partial charge in [-0.2, -0.15) is 0 Å². The van der Waals surface area contributed by atoms with E-state index in [0.717, 1.165) is 13.0 Å². The molecule has 0 spiro atoms. The topological polar surface area (TPSA) is 56.2 Å². The summed E-state index contributed by atoms with van der Waals surface area (Å²) < 4.78 is 20.0. The second-order valence-corrected chi connectivity index (χ2v) is 4.62. The molecule has 1 aromatic carbocycles. The van der Waals surface area contributed by atoms with Crippen LogP contribution in [0, 0.1) is 5.82 Å². The molecule has 21 heavy (non-hydrogen) atoms. The minimum absolute atomic E-state index is 0.370. The summed E-state index contributed by atoms with van der Waals surface area (Å²) >= 11 is 0. The van der Waals surface area contributed by atoms with Crippen molar-refractivity contribution in [1.29, 1.82) is 0 Å². The van der Waals surface area contributed by atoms with Gasteiger partial charge in [0, 0.05) is 12.2 Å². The Labute approximate surface area is 122 Å². The summed E-state index contributed by atoms with van der Waals surface area (Å²) in [7, 11) is 1.32. The molecule has 2 rings (SSSR count). The van der Waals surface area contributed by atoms with E-state index in [2.05, 4.69) is 10.3 Å². The Morgan fingerprint density at radius 1 is 1.52 bits per heavy atom. The summed E-state index contributed by atoms with van der Waals surface area (Å²) in [5.74, 6) is -0.817. The number of hydrogen-bond acceptors (Lipinski definition) is 4. The molecule has 0 aliphatic heterocycles. The number of benzene rings is 1. The van der Waals surface area contributed by atoms with Crippen molar-refractivity contribution in [3.63, 3.8) is 0 Å². The fourth-order valence-electron chi connectivity index (χ4n) is 2.12. The number of rotatable bonds is 6. The van der Waals surface area contributed by atoms with Crippen molar-refractivity contribution in [2.45, 2.75) is 25.9 Å². The van der Waals surface area contributed by atoms with Crippen LogP contribution in [0.1, 0.15) is 25.1 Å². The minimum Gasteiger partial charge on any atom is -0.467 e. The standard InChI is InChI=1S/C15H18FN3O2/c1-3-7-19-10-17-9-13(19)14(15(20)21-2)18-12-6-4-5-11(16)8-12/h4-6,8-10,14,18H,3,7H2,1-2H3. The van der Waals surface area contributed by atoms with Crippen molar-refractivity contribution in [3.05, 3.63) is 48.3 Å². The molecule has 0 fully saturated rings. The quantitative estimate of drug-likeness (QED) is 0.831. The second-order valence-electron chi connectivity index (χ2n) is 4.62. The zero-order valence-electron chi connectivity index (χ0n) is 12.0. The molecule has 2 aromatic rings. The van der Waals surface area contributed by atoms with Crippen LogP contribution in [0.25, 0.3) is 0 Å². The zero-order valence-corrected chi connectivity index (χ0v) is 12.0. The number of hydrogen-bond donors (Lipinski definition) is 1. The summed E-state index contributed by atoms with van der Waals surface area (Å²) in [6.45, 7) is 2.78. The van der Waals surface area contributed by atoms with Crippen molar-refractivity contribution in [2.24, 2.45) is 0 Å². The lowest BCUT2D eigenvalue weighted by molar-refractivity contribution is -0.141. The molecule has 0 aliphatic carbocycles. The molecule has 0 aliphatic rings. The molecule has 1 unspecified atom stereocenters. The van der Waals surface area contributed by atoms with Crippen molar-refractivity contribution in [1.82, 2.24) is 9.55 Å². The predicted octanol–water partition coefficient (Wildman–Crippen LogP) is 2.76. The Bertz CT molecular complexity index is 612. The third kappa shape index (κ3) is 3.59. The monoisotopic (exact) mass is 291 g/mol. The van der Waals surface area contributed by atoms with E-state index in [1.807, 2.05) is 11.5 Å². The Morgan fingerprint density at radius 3 is 3.00 bits per heavy atom. The lowest BCUT2D eigenvalue weighted by atomic mass is 10.2. The Morgan fingerprint density at radius 2 is 2.33 bits per heavy atom. The van der Waals surface area contributed by atoms with Gasteiger partial charge in [-0.1, -0.05) is 13.0 Å². The molecule has 5 nitrogen and oxygen atoms in total. The van der Waals surface area contributed by atoms with Gasteiger partial charge in [0.25, 0.3) is 0 Å². The number of carbonyl (C=O) groups excluding carboxylic acids is 1. The molecule has 1 aromatic heterocycles. The van der Waals surface area contributed by atoms with Gasteiger partial charge < -0.3 is 14.6 Å². The van der Waals surface area contributed by atoms with Crippen molar-refractivity contribution >= 4 is 11.7 Å². The van der Waals surface area contributed by atoms with E-state index in [4.69, 9.17) is 4.74 Å². The summed E-state index contributed by atoms with van der Waals surface area (Å²) in [6.07, 6.45) is 4.20. The lowest BCUT2D eigenvalue weighted by Crippen LogP contribution is -2.25.